The lowest BCUT2D eigenvalue weighted by atomic mass is 9.99. The summed E-state index contributed by atoms with van der Waals surface area (Å²) >= 11 is 0. The quantitative estimate of drug-likeness (QED) is 0.785. The van der Waals surface area contributed by atoms with E-state index in [9.17, 15) is 27.1 Å². The molecule has 1 atom stereocenters. The van der Waals surface area contributed by atoms with Gasteiger partial charge < -0.3 is 10.0 Å². The number of aromatic carboxylic acids is 1. The Kier molecular flexibility index (Phi) is 5.55. The van der Waals surface area contributed by atoms with Crippen molar-refractivity contribution in [3.63, 3.8) is 0 Å². The molecule has 150 valence electrons. The zero-order valence-corrected chi connectivity index (χ0v) is 16.0. The van der Waals surface area contributed by atoms with Crippen LogP contribution in [-0.2, 0) is 10.0 Å². The van der Waals surface area contributed by atoms with Gasteiger partial charge in [0.15, 0.2) is 11.6 Å². The summed E-state index contributed by atoms with van der Waals surface area (Å²) in [5.41, 5.74) is 0.540. The molecule has 1 heterocycles. The van der Waals surface area contributed by atoms with Gasteiger partial charge in [0.25, 0.3) is 10.0 Å². The van der Waals surface area contributed by atoms with Crippen molar-refractivity contribution in [2.75, 3.05) is 22.7 Å². The molecule has 1 aliphatic heterocycles. The molecule has 9 heteroatoms. The molecule has 0 saturated carbocycles. The highest BCUT2D eigenvalue weighted by Crippen LogP contribution is 2.32. The Morgan fingerprint density at radius 1 is 1.18 bits per heavy atom. The van der Waals surface area contributed by atoms with Gasteiger partial charge in [-0.1, -0.05) is 6.92 Å². The van der Waals surface area contributed by atoms with Gasteiger partial charge in [0, 0.05) is 13.1 Å². The molecule has 2 aromatic carbocycles. The van der Waals surface area contributed by atoms with Crippen LogP contribution in [0.3, 0.4) is 0 Å². The molecule has 2 N–H and O–H groups in total. The molecule has 0 aromatic heterocycles. The third-order valence-corrected chi connectivity index (χ3v) is 6.05. The van der Waals surface area contributed by atoms with Crippen LogP contribution < -0.4 is 9.62 Å². The Balaban J connectivity index is 2.01. The Hall–Kier alpha value is -2.68. The van der Waals surface area contributed by atoms with Gasteiger partial charge in [-0.05, 0) is 55.2 Å². The van der Waals surface area contributed by atoms with Crippen LogP contribution in [0.5, 0.6) is 0 Å². The zero-order valence-electron chi connectivity index (χ0n) is 15.2. The first-order valence-corrected chi connectivity index (χ1v) is 10.3. The lowest BCUT2D eigenvalue weighted by molar-refractivity contribution is 0.0697. The van der Waals surface area contributed by atoms with Crippen LogP contribution in [0.2, 0.25) is 0 Å². The van der Waals surface area contributed by atoms with E-state index in [2.05, 4.69) is 11.6 Å². The number of nitrogens with zero attached hydrogens (tertiary/aromatic N) is 1. The molecular weight excluding hydrogens is 390 g/mol. The standard InChI is InChI=1S/C19H20F2N2O4S/c1-12-3-2-8-23(11-12)18-7-4-13(19(24)25)9-17(18)22-28(26,27)14-5-6-15(20)16(21)10-14/h4-7,9-10,12,22H,2-3,8,11H2,1H3,(H,24,25). The number of nitrogens with one attached hydrogen (secondary N) is 1. The summed E-state index contributed by atoms with van der Waals surface area (Å²) in [7, 11) is -4.25. The molecule has 3 rings (SSSR count). The molecule has 2 aromatic rings. The SMILES string of the molecule is CC1CCCN(c2ccc(C(=O)O)cc2NS(=O)(=O)c2ccc(F)c(F)c2)C1. The molecule has 0 aliphatic carbocycles. The molecule has 0 radical (unpaired) electrons. The van der Waals surface area contributed by atoms with E-state index in [1.165, 1.54) is 12.1 Å². The van der Waals surface area contributed by atoms with Crippen molar-refractivity contribution in [3.05, 3.63) is 53.6 Å². The van der Waals surface area contributed by atoms with Crippen molar-refractivity contribution < 1.29 is 27.1 Å². The van der Waals surface area contributed by atoms with Gasteiger partial charge in [-0.15, -0.1) is 0 Å². The monoisotopic (exact) mass is 410 g/mol. The number of rotatable bonds is 5. The van der Waals surface area contributed by atoms with Crippen LogP contribution >= 0.6 is 0 Å². The maximum absolute atomic E-state index is 13.5. The van der Waals surface area contributed by atoms with E-state index in [1.54, 1.807) is 6.07 Å². The normalized spacial score (nSPS) is 17.4. The number of anilines is 2. The number of carboxylic acids is 1. The second kappa shape index (κ2) is 7.75. The minimum atomic E-state index is -4.25. The third-order valence-electron chi connectivity index (χ3n) is 4.69. The van der Waals surface area contributed by atoms with Crippen molar-refractivity contribution >= 4 is 27.4 Å². The van der Waals surface area contributed by atoms with E-state index >= 15 is 0 Å². The molecule has 1 saturated heterocycles. The molecular formula is C19H20F2N2O4S. The van der Waals surface area contributed by atoms with E-state index < -0.39 is 32.5 Å². The fraction of sp³-hybridized carbons (Fsp3) is 0.316. The predicted octanol–water partition coefficient (Wildman–Crippen LogP) is 3.70. The number of hydrogen-bond acceptors (Lipinski definition) is 4. The smallest absolute Gasteiger partial charge is 0.335 e. The first-order valence-electron chi connectivity index (χ1n) is 8.77. The van der Waals surface area contributed by atoms with Crippen LogP contribution in [0.1, 0.15) is 30.1 Å². The van der Waals surface area contributed by atoms with E-state index in [0.717, 1.165) is 25.0 Å². The average molecular weight is 410 g/mol. The number of carbonyl (C=O) groups is 1. The van der Waals surface area contributed by atoms with E-state index in [-0.39, 0.29) is 11.3 Å². The predicted molar refractivity (Wildman–Crippen MR) is 101 cm³/mol. The molecule has 28 heavy (non-hydrogen) atoms. The number of hydrogen-bond donors (Lipinski definition) is 2. The summed E-state index contributed by atoms with van der Waals surface area (Å²) in [6.07, 6.45) is 1.98. The Morgan fingerprint density at radius 3 is 2.57 bits per heavy atom. The largest absolute Gasteiger partial charge is 0.478 e. The van der Waals surface area contributed by atoms with Crippen LogP contribution in [0.15, 0.2) is 41.3 Å². The van der Waals surface area contributed by atoms with Crippen LogP contribution in [0.25, 0.3) is 0 Å². The average Bonchev–Trinajstić information content (AvgIpc) is 2.63. The Bertz CT molecular complexity index is 1010. The van der Waals surface area contributed by atoms with Crippen molar-refractivity contribution in [2.45, 2.75) is 24.7 Å². The Morgan fingerprint density at radius 2 is 1.93 bits per heavy atom. The van der Waals surface area contributed by atoms with Gasteiger partial charge in [-0.3, -0.25) is 4.72 Å². The number of benzene rings is 2. The highest BCUT2D eigenvalue weighted by molar-refractivity contribution is 7.92. The third kappa shape index (κ3) is 4.24. The summed E-state index contributed by atoms with van der Waals surface area (Å²) in [4.78, 5) is 12.9. The van der Waals surface area contributed by atoms with Crippen molar-refractivity contribution in [1.29, 1.82) is 0 Å². The molecule has 0 bridgehead atoms. The molecule has 1 unspecified atom stereocenters. The number of halogens is 2. The van der Waals surface area contributed by atoms with E-state index in [0.29, 0.717) is 30.8 Å². The van der Waals surface area contributed by atoms with Crippen LogP contribution in [-0.4, -0.2) is 32.6 Å². The maximum Gasteiger partial charge on any atom is 0.335 e. The molecule has 1 aliphatic rings. The minimum absolute atomic E-state index is 0.0822. The lowest BCUT2D eigenvalue weighted by Gasteiger charge is -2.34. The highest BCUT2D eigenvalue weighted by Gasteiger charge is 2.24. The van der Waals surface area contributed by atoms with Gasteiger partial charge in [-0.25, -0.2) is 22.0 Å². The van der Waals surface area contributed by atoms with Crippen molar-refractivity contribution in [2.24, 2.45) is 5.92 Å². The zero-order chi connectivity index (χ0) is 20.5. The van der Waals surface area contributed by atoms with Crippen molar-refractivity contribution in [3.8, 4) is 0 Å². The van der Waals surface area contributed by atoms with Gasteiger partial charge in [0.1, 0.15) is 0 Å². The van der Waals surface area contributed by atoms with Gasteiger partial charge >= 0.3 is 5.97 Å². The molecule has 0 amide bonds. The maximum atomic E-state index is 13.5. The van der Waals surface area contributed by atoms with E-state index in [1.807, 2.05) is 4.90 Å². The minimum Gasteiger partial charge on any atom is -0.478 e. The molecule has 1 fully saturated rings. The number of sulfonamides is 1. The van der Waals surface area contributed by atoms with Gasteiger partial charge in [0.2, 0.25) is 0 Å². The second-order valence-corrected chi connectivity index (χ2v) is 8.59. The summed E-state index contributed by atoms with van der Waals surface area (Å²) in [6, 6.07) is 6.46. The van der Waals surface area contributed by atoms with Crippen LogP contribution in [0, 0.1) is 17.6 Å². The topological polar surface area (TPSA) is 86.7 Å². The second-order valence-electron chi connectivity index (χ2n) is 6.91. The molecule has 0 spiro atoms. The molecule has 6 nitrogen and oxygen atoms in total. The first kappa shape index (κ1) is 20.1. The van der Waals surface area contributed by atoms with E-state index in [4.69, 9.17) is 0 Å². The Labute approximate surface area is 161 Å². The van der Waals surface area contributed by atoms with Gasteiger partial charge in [-0.2, -0.15) is 0 Å². The fourth-order valence-corrected chi connectivity index (χ4v) is 4.36. The fourth-order valence-electron chi connectivity index (χ4n) is 3.28. The highest BCUT2D eigenvalue weighted by atomic mass is 32.2. The first-order chi connectivity index (χ1) is 13.2. The van der Waals surface area contributed by atoms with Crippen LogP contribution in [0.4, 0.5) is 20.2 Å². The van der Waals surface area contributed by atoms with Crippen molar-refractivity contribution in [1.82, 2.24) is 0 Å². The summed E-state index contributed by atoms with van der Waals surface area (Å²) in [5.74, 6) is -3.24. The summed E-state index contributed by atoms with van der Waals surface area (Å²) in [5, 5.41) is 9.25. The summed E-state index contributed by atoms with van der Waals surface area (Å²) in [6.45, 7) is 3.49. The summed E-state index contributed by atoms with van der Waals surface area (Å²) < 4.78 is 54.3. The number of piperidine rings is 1. The number of carboxylic acid groups (broad SMARTS) is 1. The lowest BCUT2D eigenvalue weighted by Crippen LogP contribution is -2.35. The van der Waals surface area contributed by atoms with Gasteiger partial charge in [0.05, 0.1) is 21.8 Å².